The van der Waals surface area contributed by atoms with Crippen molar-refractivity contribution in [3.05, 3.63) is 30.0 Å². The average molecular weight is 301 g/mol. The number of nitrogens with zero attached hydrogens (tertiary/aromatic N) is 2. The van der Waals surface area contributed by atoms with Gasteiger partial charge in [0.15, 0.2) is 11.3 Å². The highest BCUT2D eigenvalue weighted by atomic mass is 16.5. The summed E-state index contributed by atoms with van der Waals surface area (Å²) in [5, 5.41) is 15.7. The number of nitrogens with one attached hydrogen (secondary N) is 1. The first kappa shape index (κ1) is 14.1. The van der Waals surface area contributed by atoms with Crippen LogP contribution in [0.1, 0.15) is 24.3 Å². The summed E-state index contributed by atoms with van der Waals surface area (Å²) in [6, 6.07) is 6.78. The molecule has 0 fully saturated rings. The molecule has 1 aliphatic rings. The van der Waals surface area contributed by atoms with Crippen LogP contribution < -0.4 is 10.1 Å². The summed E-state index contributed by atoms with van der Waals surface area (Å²) >= 11 is 0. The highest BCUT2D eigenvalue weighted by Gasteiger charge is 2.35. The van der Waals surface area contributed by atoms with Gasteiger partial charge in [-0.3, -0.25) is 9.48 Å². The minimum atomic E-state index is -1.09. The van der Waals surface area contributed by atoms with Gasteiger partial charge in [0.2, 0.25) is 0 Å². The number of carbonyl (C=O) groups is 2. The number of carboxylic acid groups (broad SMARTS) is 1. The van der Waals surface area contributed by atoms with Crippen LogP contribution in [0.3, 0.4) is 0 Å². The largest absolute Gasteiger partial charge is 0.476 e. The molecule has 0 saturated carbocycles. The molecule has 1 aromatic heterocycles. The summed E-state index contributed by atoms with van der Waals surface area (Å²) in [7, 11) is 1.67. The molecule has 0 bridgehead atoms. The number of ether oxygens (including phenoxy) is 1. The van der Waals surface area contributed by atoms with Crippen LogP contribution >= 0.6 is 0 Å². The van der Waals surface area contributed by atoms with Gasteiger partial charge in [-0.2, -0.15) is 5.10 Å². The SMILES string of the molecule is Cn1nc(C(=O)O)cc1-c1ccc2c(c1)NC(=O)C(C)(C)O2. The van der Waals surface area contributed by atoms with Crippen molar-refractivity contribution in [2.75, 3.05) is 5.32 Å². The zero-order chi connectivity index (χ0) is 16.1. The number of hydrogen-bond acceptors (Lipinski definition) is 4. The Morgan fingerprint density at radius 3 is 2.73 bits per heavy atom. The van der Waals surface area contributed by atoms with E-state index < -0.39 is 11.6 Å². The van der Waals surface area contributed by atoms with E-state index in [-0.39, 0.29) is 11.6 Å². The lowest BCUT2D eigenvalue weighted by atomic mass is 10.0. The van der Waals surface area contributed by atoms with E-state index in [1.807, 2.05) is 0 Å². The van der Waals surface area contributed by atoms with Crippen molar-refractivity contribution < 1.29 is 19.4 Å². The van der Waals surface area contributed by atoms with E-state index in [0.717, 1.165) is 5.56 Å². The normalized spacial score (nSPS) is 15.7. The third-order valence-corrected chi connectivity index (χ3v) is 3.53. The molecular weight excluding hydrogens is 286 g/mol. The second-order valence-electron chi connectivity index (χ2n) is 5.62. The fourth-order valence-electron chi connectivity index (χ4n) is 2.31. The minimum absolute atomic E-state index is 0.0309. The van der Waals surface area contributed by atoms with Crippen LogP contribution in [0.25, 0.3) is 11.3 Å². The third kappa shape index (κ3) is 2.20. The second-order valence-corrected chi connectivity index (χ2v) is 5.62. The van der Waals surface area contributed by atoms with Crippen LogP contribution in [-0.4, -0.2) is 32.4 Å². The molecule has 0 saturated heterocycles. The summed E-state index contributed by atoms with van der Waals surface area (Å²) < 4.78 is 7.15. The van der Waals surface area contributed by atoms with Gasteiger partial charge >= 0.3 is 5.97 Å². The zero-order valence-corrected chi connectivity index (χ0v) is 12.4. The molecule has 0 atom stereocenters. The standard InChI is InChI=1S/C15H15N3O4/c1-15(2)14(21)16-9-6-8(4-5-12(9)22-15)11-7-10(13(19)20)17-18(11)3/h4-7H,1-3H3,(H,16,21)(H,19,20). The van der Waals surface area contributed by atoms with E-state index >= 15 is 0 Å². The number of aryl methyl sites for hydroxylation is 1. The Morgan fingerprint density at radius 2 is 2.09 bits per heavy atom. The number of amides is 1. The van der Waals surface area contributed by atoms with E-state index in [9.17, 15) is 9.59 Å². The maximum atomic E-state index is 12.0. The van der Waals surface area contributed by atoms with E-state index in [2.05, 4.69) is 10.4 Å². The van der Waals surface area contributed by atoms with Crippen LogP contribution in [0.5, 0.6) is 5.75 Å². The molecular formula is C15H15N3O4. The molecule has 0 spiro atoms. The van der Waals surface area contributed by atoms with Crippen LogP contribution in [-0.2, 0) is 11.8 Å². The molecule has 1 amide bonds. The molecule has 7 nitrogen and oxygen atoms in total. The van der Waals surface area contributed by atoms with Gasteiger partial charge in [-0.15, -0.1) is 0 Å². The fourth-order valence-corrected chi connectivity index (χ4v) is 2.31. The van der Waals surface area contributed by atoms with Gasteiger partial charge in [0, 0.05) is 12.6 Å². The van der Waals surface area contributed by atoms with E-state index in [1.54, 1.807) is 39.1 Å². The molecule has 2 heterocycles. The van der Waals surface area contributed by atoms with Gasteiger partial charge < -0.3 is 15.2 Å². The zero-order valence-electron chi connectivity index (χ0n) is 12.4. The van der Waals surface area contributed by atoms with Crippen LogP contribution in [0.15, 0.2) is 24.3 Å². The molecule has 22 heavy (non-hydrogen) atoms. The molecule has 0 unspecified atom stereocenters. The molecule has 0 aliphatic carbocycles. The number of hydrogen-bond donors (Lipinski definition) is 2. The molecule has 3 rings (SSSR count). The Bertz CT molecular complexity index is 792. The number of carboxylic acids is 1. The molecule has 114 valence electrons. The maximum Gasteiger partial charge on any atom is 0.356 e. The van der Waals surface area contributed by atoms with Gasteiger partial charge in [0.05, 0.1) is 11.4 Å². The third-order valence-electron chi connectivity index (χ3n) is 3.53. The maximum absolute atomic E-state index is 12.0. The summed E-state index contributed by atoms with van der Waals surface area (Å²) in [5.41, 5.74) is 0.984. The number of carbonyl (C=O) groups excluding carboxylic acids is 1. The summed E-state index contributed by atoms with van der Waals surface area (Å²) in [4.78, 5) is 22.9. The number of anilines is 1. The van der Waals surface area contributed by atoms with Crippen LogP contribution in [0, 0.1) is 0 Å². The fraction of sp³-hybridized carbons (Fsp3) is 0.267. The second kappa shape index (κ2) is 4.59. The van der Waals surface area contributed by atoms with Crippen molar-refractivity contribution in [2.45, 2.75) is 19.4 Å². The van der Waals surface area contributed by atoms with Gasteiger partial charge in [0.1, 0.15) is 5.75 Å². The number of benzene rings is 1. The monoisotopic (exact) mass is 301 g/mol. The van der Waals surface area contributed by atoms with Crippen LogP contribution in [0.4, 0.5) is 5.69 Å². The number of rotatable bonds is 2. The lowest BCUT2D eigenvalue weighted by Gasteiger charge is -2.31. The lowest BCUT2D eigenvalue weighted by molar-refractivity contribution is -0.129. The molecule has 2 N–H and O–H groups in total. The van der Waals surface area contributed by atoms with Gasteiger partial charge in [-0.05, 0) is 38.1 Å². The van der Waals surface area contributed by atoms with Crippen molar-refractivity contribution in [2.24, 2.45) is 7.05 Å². The smallest absolute Gasteiger partial charge is 0.356 e. The molecule has 1 aromatic carbocycles. The Morgan fingerprint density at radius 1 is 1.36 bits per heavy atom. The van der Waals surface area contributed by atoms with Gasteiger partial charge in [-0.1, -0.05) is 0 Å². The summed E-state index contributed by atoms with van der Waals surface area (Å²) in [5.74, 6) is -0.736. The summed E-state index contributed by atoms with van der Waals surface area (Å²) in [6.07, 6.45) is 0. The molecule has 2 aromatic rings. The predicted molar refractivity (Wildman–Crippen MR) is 78.9 cm³/mol. The Balaban J connectivity index is 2.03. The Labute approximate surface area is 126 Å². The van der Waals surface area contributed by atoms with Crippen molar-refractivity contribution in [1.29, 1.82) is 0 Å². The Hall–Kier alpha value is -2.83. The highest BCUT2D eigenvalue weighted by Crippen LogP contribution is 2.36. The summed E-state index contributed by atoms with van der Waals surface area (Å²) in [6.45, 7) is 3.39. The average Bonchev–Trinajstić information content (AvgIpc) is 2.82. The van der Waals surface area contributed by atoms with Crippen molar-refractivity contribution in [3.63, 3.8) is 0 Å². The molecule has 1 aliphatic heterocycles. The van der Waals surface area contributed by atoms with E-state index in [1.165, 1.54) is 10.7 Å². The first-order valence-corrected chi connectivity index (χ1v) is 6.70. The van der Waals surface area contributed by atoms with E-state index in [0.29, 0.717) is 17.1 Å². The van der Waals surface area contributed by atoms with Gasteiger partial charge in [-0.25, -0.2) is 4.79 Å². The van der Waals surface area contributed by atoms with Crippen molar-refractivity contribution in [1.82, 2.24) is 9.78 Å². The molecule has 7 heteroatoms. The number of aromatic nitrogens is 2. The topological polar surface area (TPSA) is 93.5 Å². The van der Waals surface area contributed by atoms with Crippen molar-refractivity contribution >= 4 is 17.6 Å². The highest BCUT2D eigenvalue weighted by molar-refractivity contribution is 6.00. The van der Waals surface area contributed by atoms with Crippen molar-refractivity contribution in [3.8, 4) is 17.0 Å². The quantitative estimate of drug-likeness (QED) is 0.883. The molecule has 0 radical (unpaired) electrons. The van der Waals surface area contributed by atoms with Gasteiger partial charge in [0.25, 0.3) is 5.91 Å². The number of fused-ring (bicyclic) bond motifs is 1. The first-order chi connectivity index (χ1) is 10.3. The van der Waals surface area contributed by atoms with E-state index in [4.69, 9.17) is 9.84 Å². The van der Waals surface area contributed by atoms with Crippen LogP contribution in [0.2, 0.25) is 0 Å². The lowest BCUT2D eigenvalue weighted by Crippen LogP contribution is -2.45. The first-order valence-electron chi connectivity index (χ1n) is 6.70. The predicted octanol–water partition coefficient (Wildman–Crippen LogP) is 1.89. The minimum Gasteiger partial charge on any atom is -0.476 e. The Kier molecular flexibility index (Phi) is 2.94. The number of aromatic carboxylic acids is 1.